The van der Waals surface area contributed by atoms with Crippen LogP contribution < -0.4 is 0 Å². The van der Waals surface area contributed by atoms with E-state index in [-0.39, 0.29) is 29.7 Å². The second-order valence-electron chi connectivity index (χ2n) is 4.80. The normalized spacial score (nSPS) is 14.6. The van der Waals surface area contributed by atoms with Crippen LogP contribution in [0.3, 0.4) is 0 Å². The molecule has 0 bridgehead atoms. The van der Waals surface area contributed by atoms with Crippen molar-refractivity contribution in [1.82, 2.24) is 4.90 Å². The summed E-state index contributed by atoms with van der Waals surface area (Å²) in [4.78, 5) is 34.8. The monoisotopic (exact) mass is 310 g/mol. The van der Waals surface area contributed by atoms with Crippen LogP contribution in [0.2, 0.25) is 0 Å². The topological polar surface area (TPSA) is 101 Å². The van der Waals surface area contributed by atoms with Crippen molar-refractivity contribution in [2.75, 3.05) is 18.8 Å². The summed E-state index contributed by atoms with van der Waals surface area (Å²) < 4.78 is 0. The lowest BCUT2D eigenvalue weighted by molar-refractivity contribution is -0.384. The molecule has 1 aliphatic rings. The zero-order valence-electron chi connectivity index (χ0n) is 11.1. The predicted molar refractivity (Wildman–Crippen MR) is 76.1 cm³/mol. The highest BCUT2D eigenvalue weighted by atomic mass is 32.2. The molecule has 1 saturated heterocycles. The molecular formula is C13H14N2O5S. The van der Waals surface area contributed by atoms with Gasteiger partial charge in [0.15, 0.2) is 0 Å². The van der Waals surface area contributed by atoms with Crippen LogP contribution >= 0.6 is 11.8 Å². The molecule has 0 saturated carbocycles. The SMILES string of the molecule is O=C(O)CC1CN(C(=O)CSc2ccc([N+](=O)[O-])cc2)C1. The van der Waals surface area contributed by atoms with Crippen LogP contribution in [0.25, 0.3) is 0 Å². The van der Waals surface area contributed by atoms with Gasteiger partial charge in [0.1, 0.15) is 0 Å². The molecule has 8 heteroatoms. The molecule has 1 aromatic carbocycles. The number of amides is 1. The van der Waals surface area contributed by atoms with Crippen molar-refractivity contribution in [3.8, 4) is 0 Å². The van der Waals surface area contributed by atoms with Gasteiger partial charge in [-0.25, -0.2) is 0 Å². The van der Waals surface area contributed by atoms with Gasteiger partial charge in [-0.2, -0.15) is 0 Å². The van der Waals surface area contributed by atoms with E-state index in [9.17, 15) is 19.7 Å². The molecule has 0 unspecified atom stereocenters. The molecule has 1 aliphatic heterocycles. The van der Waals surface area contributed by atoms with Crippen molar-refractivity contribution in [3.63, 3.8) is 0 Å². The van der Waals surface area contributed by atoms with Gasteiger partial charge in [-0.1, -0.05) is 0 Å². The molecule has 1 amide bonds. The highest BCUT2D eigenvalue weighted by molar-refractivity contribution is 8.00. The largest absolute Gasteiger partial charge is 0.481 e. The lowest BCUT2D eigenvalue weighted by Crippen LogP contribution is -2.51. The predicted octanol–water partition coefficient (Wildman–Crippen LogP) is 1.62. The first-order chi connectivity index (χ1) is 9.95. The summed E-state index contributed by atoms with van der Waals surface area (Å²) in [7, 11) is 0. The molecule has 0 atom stereocenters. The minimum absolute atomic E-state index is 0.0185. The molecule has 0 aliphatic carbocycles. The number of carboxylic acid groups (broad SMARTS) is 1. The van der Waals surface area contributed by atoms with Crippen LogP contribution in [0.5, 0.6) is 0 Å². The fraction of sp³-hybridized carbons (Fsp3) is 0.385. The zero-order chi connectivity index (χ0) is 15.4. The van der Waals surface area contributed by atoms with E-state index in [4.69, 9.17) is 5.11 Å². The van der Waals surface area contributed by atoms with Gasteiger partial charge in [-0.05, 0) is 12.1 Å². The summed E-state index contributed by atoms with van der Waals surface area (Å²) in [5, 5.41) is 19.1. The van der Waals surface area contributed by atoms with E-state index in [0.717, 1.165) is 4.90 Å². The lowest BCUT2D eigenvalue weighted by atomic mass is 9.96. The number of likely N-dealkylation sites (tertiary alicyclic amines) is 1. The molecule has 1 fully saturated rings. The van der Waals surface area contributed by atoms with Crippen molar-refractivity contribution in [2.45, 2.75) is 11.3 Å². The Morgan fingerprint density at radius 3 is 2.48 bits per heavy atom. The Hall–Kier alpha value is -2.09. The lowest BCUT2D eigenvalue weighted by Gasteiger charge is -2.38. The number of rotatable bonds is 6. The molecule has 1 heterocycles. The number of benzene rings is 1. The van der Waals surface area contributed by atoms with E-state index in [1.807, 2.05) is 0 Å². The van der Waals surface area contributed by atoms with E-state index in [1.165, 1.54) is 23.9 Å². The van der Waals surface area contributed by atoms with Gasteiger partial charge in [0, 0.05) is 36.0 Å². The van der Waals surface area contributed by atoms with Gasteiger partial charge < -0.3 is 10.0 Å². The summed E-state index contributed by atoms with van der Waals surface area (Å²) in [6.07, 6.45) is 0.0965. The van der Waals surface area contributed by atoms with E-state index >= 15 is 0 Å². The third kappa shape index (κ3) is 4.19. The molecule has 0 spiro atoms. The molecular weight excluding hydrogens is 296 g/mol. The zero-order valence-corrected chi connectivity index (χ0v) is 11.9. The minimum Gasteiger partial charge on any atom is -0.481 e. The maximum Gasteiger partial charge on any atom is 0.303 e. The van der Waals surface area contributed by atoms with Crippen LogP contribution in [0.1, 0.15) is 6.42 Å². The van der Waals surface area contributed by atoms with E-state index in [0.29, 0.717) is 13.1 Å². The maximum absolute atomic E-state index is 11.9. The van der Waals surface area contributed by atoms with Gasteiger partial charge in [-0.15, -0.1) is 11.8 Å². The number of aliphatic carboxylic acids is 1. The number of nitro benzene ring substituents is 1. The number of thioether (sulfide) groups is 1. The molecule has 0 radical (unpaired) electrons. The molecule has 21 heavy (non-hydrogen) atoms. The second kappa shape index (κ2) is 6.57. The van der Waals surface area contributed by atoms with Crippen LogP contribution in [-0.2, 0) is 9.59 Å². The Morgan fingerprint density at radius 1 is 1.33 bits per heavy atom. The van der Waals surface area contributed by atoms with Gasteiger partial charge in [0.25, 0.3) is 5.69 Å². The minimum atomic E-state index is -0.840. The Kier molecular flexibility index (Phi) is 4.79. The molecule has 112 valence electrons. The molecule has 7 nitrogen and oxygen atoms in total. The van der Waals surface area contributed by atoms with Crippen LogP contribution in [-0.4, -0.2) is 45.6 Å². The Labute approximate surface area is 125 Å². The van der Waals surface area contributed by atoms with Gasteiger partial charge in [0.05, 0.1) is 17.1 Å². The number of carboxylic acids is 1. The first-order valence-electron chi connectivity index (χ1n) is 6.32. The first kappa shape index (κ1) is 15.3. The van der Waals surface area contributed by atoms with E-state index in [1.54, 1.807) is 17.0 Å². The Morgan fingerprint density at radius 2 is 1.95 bits per heavy atom. The maximum atomic E-state index is 11.9. The third-order valence-electron chi connectivity index (χ3n) is 3.18. The van der Waals surface area contributed by atoms with Crippen LogP contribution in [0, 0.1) is 16.0 Å². The summed E-state index contributed by atoms with van der Waals surface area (Å²) in [5.74, 6) is -0.583. The fourth-order valence-corrected chi connectivity index (χ4v) is 2.85. The van der Waals surface area contributed by atoms with E-state index in [2.05, 4.69) is 0 Å². The summed E-state index contributed by atoms with van der Waals surface area (Å²) in [6, 6.07) is 6.03. The third-order valence-corrected chi connectivity index (χ3v) is 4.18. The standard InChI is InChI=1S/C13H14N2O5S/c16-12(14-6-9(7-14)5-13(17)18)8-21-11-3-1-10(2-4-11)15(19)20/h1-4,9H,5-8H2,(H,17,18). The van der Waals surface area contributed by atoms with Crippen LogP contribution in [0.4, 0.5) is 5.69 Å². The average Bonchev–Trinajstić information content (AvgIpc) is 2.40. The molecule has 1 aromatic rings. The highest BCUT2D eigenvalue weighted by Crippen LogP contribution is 2.24. The van der Waals surface area contributed by atoms with E-state index < -0.39 is 10.9 Å². The van der Waals surface area contributed by atoms with Crippen molar-refractivity contribution in [3.05, 3.63) is 34.4 Å². The molecule has 2 rings (SSSR count). The van der Waals surface area contributed by atoms with Gasteiger partial charge >= 0.3 is 5.97 Å². The quantitative estimate of drug-likeness (QED) is 0.487. The molecule has 1 N–H and O–H groups in total. The van der Waals surface area contributed by atoms with Crippen molar-refractivity contribution in [2.24, 2.45) is 5.92 Å². The molecule has 0 aromatic heterocycles. The van der Waals surface area contributed by atoms with Crippen molar-refractivity contribution in [1.29, 1.82) is 0 Å². The first-order valence-corrected chi connectivity index (χ1v) is 7.31. The summed E-state index contributed by atoms with van der Waals surface area (Å²) >= 11 is 1.31. The second-order valence-corrected chi connectivity index (χ2v) is 5.85. The van der Waals surface area contributed by atoms with Gasteiger partial charge in [-0.3, -0.25) is 19.7 Å². The van der Waals surface area contributed by atoms with Crippen LogP contribution in [0.15, 0.2) is 29.2 Å². The number of carbonyl (C=O) groups excluding carboxylic acids is 1. The van der Waals surface area contributed by atoms with Crippen molar-refractivity contribution >= 4 is 29.3 Å². The number of carbonyl (C=O) groups is 2. The average molecular weight is 310 g/mol. The van der Waals surface area contributed by atoms with Crippen molar-refractivity contribution < 1.29 is 19.6 Å². The van der Waals surface area contributed by atoms with Gasteiger partial charge in [0.2, 0.25) is 5.91 Å². The fourth-order valence-electron chi connectivity index (χ4n) is 2.05. The Bertz CT molecular complexity index is 554. The number of hydrogen-bond acceptors (Lipinski definition) is 5. The number of non-ortho nitro benzene ring substituents is 1. The number of nitrogens with zero attached hydrogens (tertiary/aromatic N) is 2. The Balaban J connectivity index is 1.75. The summed E-state index contributed by atoms with van der Waals surface area (Å²) in [6.45, 7) is 0.984. The summed E-state index contributed by atoms with van der Waals surface area (Å²) in [5.41, 5.74) is 0.0185. The number of nitro groups is 1. The highest BCUT2D eigenvalue weighted by Gasteiger charge is 2.31. The number of hydrogen-bond donors (Lipinski definition) is 1. The smallest absolute Gasteiger partial charge is 0.303 e.